The fraction of sp³-hybridized carbons (Fsp3) is 0.833. The third-order valence-corrected chi connectivity index (χ3v) is 2.99. The fourth-order valence-electron chi connectivity index (χ4n) is 2.09. The lowest BCUT2D eigenvalue weighted by Crippen LogP contribution is -2.36. The largest absolute Gasteiger partial charge is 0.378 e. The molecule has 0 saturated heterocycles. The molecule has 1 rings (SSSR count). The molecule has 0 aliphatic heterocycles. The van der Waals surface area contributed by atoms with Gasteiger partial charge in [0.05, 0.1) is 6.10 Å². The summed E-state index contributed by atoms with van der Waals surface area (Å²) in [5.74, 6) is 3.53. The Balaban J connectivity index is 2.11. The molecule has 1 aliphatic carbocycles. The molecule has 0 heterocycles. The zero-order chi connectivity index (χ0) is 10.4. The molecule has 2 nitrogen and oxygen atoms in total. The summed E-state index contributed by atoms with van der Waals surface area (Å²) >= 11 is 0. The molecule has 0 radical (unpaired) electrons. The molecule has 1 unspecified atom stereocenters. The fourth-order valence-corrected chi connectivity index (χ4v) is 2.09. The summed E-state index contributed by atoms with van der Waals surface area (Å²) in [5.41, 5.74) is 0. The number of terminal acetylenes is 1. The Morgan fingerprint density at radius 1 is 1.57 bits per heavy atom. The lowest BCUT2D eigenvalue weighted by Gasteiger charge is -2.36. The molecule has 14 heavy (non-hydrogen) atoms. The van der Waals surface area contributed by atoms with Crippen LogP contribution in [-0.4, -0.2) is 25.8 Å². The number of hydrogen-bond donors (Lipinski definition) is 1. The standard InChI is InChI=1S/C12H21NO/c1-4-6-11(13-3)7-10-8-12(9-10)14-5-2/h1,10-13H,5-9H2,2-3H3. The Labute approximate surface area is 87.4 Å². The molecule has 1 atom stereocenters. The molecule has 1 N–H and O–H groups in total. The lowest BCUT2D eigenvalue weighted by molar-refractivity contribution is -0.0287. The summed E-state index contributed by atoms with van der Waals surface area (Å²) < 4.78 is 5.52. The van der Waals surface area contributed by atoms with E-state index in [-0.39, 0.29) is 0 Å². The van der Waals surface area contributed by atoms with Gasteiger partial charge in [-0.05, 0) is 39.2 Å². The summed E-state index contributed by atoms with van der Waals surface area (Å²) in [6.07, 6.45) is 10.3. The third-order valence-electron chi connectivity index (χ3n) is 2.99. The quantitative estimate of drug-likeness (QED) is 0.653. The van der Waals surface area contributed by atoms with Crippen LogP contribution in [0.1, 0.15) is 32.6 Å². The average molecular weight is 195 g/mol. The predicted molar refractivity (Wildman–Crippen MR) is 59.1 cm³/mol. The van der Waals surface area contributed by atoms with E-state index in [2.05, 4.69) is 18.2 Å². The van der Waals surface area contributed by atoms with E-state index in [0.29, 0.717) is 12.1 Å². The second kappa shape index (κ2) is 6.06. The summed E-state index contributed by atoms with van der Waals surface area (Å²) in [6, 6.07) is 0.493. The highest BCUT2D eigenvalue weighted by molar-refractivity contribution is 4.92. The summed E-state index contributed by atoms with van der Waals surface area (Å²) in [5, 5.41) is 3.27. The summed E-state index contributed by atoms with van der Waals surface area (Å²) in [4.78, 5) is 0. The Morgan fingerprint density at radius 3 is 2.79 bits per heavy atom. The van der Waals surface area contributed by atoms with Crippen molar-refractivity contribution >= 4 is 0 Å². The third kappa shape index (κ3) is 3.32. The van der Waals surface area contributed by atoms with Gasteiger partial charge in [-0.3, -0.25) is 0 Å². The van der Waals surface area contributed by atoms with Crippen LogP contribution >= 0.6 is 0 Å². The normalized spacial score (nSPS) is 27.8. The van der Waals surface area contributed by atoms with Crippen LogP contribution in [0.3, 0.4) is 0 Å². The number of hydrogen-bond acceptors (Lipinski definition) is 2. The van der Waals surface area contributed by atoms with E-state index in [1.165, 1.54) is 19.3 Å². The van der Waals surface area contributed by atoms with Crippen LogP contribution in [0.15, 0.2) is 0 Å². The van der Waals surface area contributed by atoms with E-state index < -0.39 is 0 Å². The molecule has 0 amide bonds. The van der Waals surface area contributed by atoms with Gasteiger partial charge in [-0.25, -0.2) is 0 Å². The molecule has 1 saturated carbocycles. The van der Waals surface area contributed by atoms with Crippen molar-refractivity contribution in [2.75, 3.05) is 13.7 Å². The van der Waals surface area contributed by atoms with Crippen molar-refractivity contribution in [3.8, 4) is 12.3 Å². The maximum absolute atomic E-state index is 5.52. The Kier molecular flexibility index (Phi) is 5.00. The van der Waals surface area contributed by atoms with Crippen LogP contribution in [0.5, 0.6) is 0 Å². The van der Waals surface area contributed by atoms with Crippen molar-refractivity contribution in [1.82, 2.24) is 5.32 Å². The highest BCUT2D eigenvalue weighted by atomic mass is 16.5. The highest BCUT2D eigenvalue weighted by Crippen LogP contribution is 2.33. The van der Waals surface area contributed by atoms with Crippen molar-refractivity contribution in [3.05, 3.63) is 0 Å². The van der Waals surface area contributed by atoms with Gasteiger partial charge in [-0.1, -0.05) is 0 Å². The highest BCUT2D eigenvalue weighted by Gasteiger charge is 2.30. The van der Waals surface area contributed by atoms with E-state index in [1.54, 1.807) is 0 Å². The van der Waals surface area contributed by atoms with Crippen molar-refractivity contribution in [1.29, 1.82) is 0 Å². The van der Waals surface area contributed by atoms with E-state index in [9.17, 15) is 0 Å². The van der Waals surface area contributed by atoms with Gasteiger partial charge in [0, 0.05) is 19.1 Å². The molecule has 1 aliphatic rings. The van der Waals surface area contributed by atoms with Gasteiger partial charge in [0.2, 0.25) is 0 Å². The Bertz CT molecular complexity index is 191. The average Bonchev–Trinajstić information content (AvgIpc) is 2.13. The maximum atomic E-state index is 5.52. The molecule has 0 aromatic heterocycles. The van der Waals surface area contributed by atoms with Crippen LogP contribution in [0.25, 0.3) is 0 Å². The number of nitrogens with one attached hydrogen (secondary N) is 1. The van der Waals surface area contributed by atoms with Crippen LogP contribution in [0.2, 0.25) is 0 Å². The molecule has 0 spiro atoms. The smallest absolute Gasteiger partial charge is 0.0580 e. The van der Waals surface area contributed by atoms with Gasteiger partial charge < -0.3 is 10.1 Å². The van der Waals surface area contributed by atoms with Gasteiger partial charge in [0.25, 0.3) is 0 Å². The molecule has 80 valence electrons. The van der Waals surface area contributed by atoms with Gasteiger partial charge in [0.15, 0.2) is 0 Å². The number of rotatable bonds is 6. The lowest BCUT2D eigenvalue weighted by atomic mass is 9.78. The van der Waals surface area contributed by atoms with Crippen molar-refractivity contribution in [3.63, 3.8) is 0 Å². The SMILES string of the molecule is C#CCC(CC1CC(OCC)C1)NC. The van der Waals surface area contributed by atoms with Crippen molar-refractivity contribution in [2.24, 2.45) is 5.92 Å². The zero-order valence-corrected chi connectivity index (χ0v) is 9.25. The van der Waals surface area contributed by atoms with Gasteiger partial charge in [0.1, 0.15) is 0 Å². The van der Waals surface area contributed by atoms with Crippen LogP contribution in [-0.2, 0) is 4.74 Å². The minimum Gasteiger partial charge on any atom is -0.378 e. The van der Waals surface area contributed by atoms with E-state index in [4.69, 9.17) is 11.2 Å². The summed E-state index contributed by atoms with van der Waals surface area (Å²) in [7, 11) is 1.99. The second-order valence-electron chi connectivity index (χ2n) is 4.04. The molecule has 1 fully saturated rings. The van der Waals surface area contributed by atoms with E-state index in [1.807, 2.05) is 7.05 Å². The molecular weight excluding hydrogens is 174 g/mol. The minimum atomic E-state index is 0.493. The number of ether oxygens (including phenoxy) is 1. The molecular formula is C12H21NO. The Hall–Kier alpha value is -0.520. The first-order chi connectivity index (χ1) is 6.80. The summed E-state index contributed by atoms with van der Waals surface area (Å²) in [6.45, 7) is 2.90. The first-order valence-electron chi connectivity index (χ1n) is 5.52. The van der Waals surface area contributed by atoms with Crippen molar-refractivity contribution < 1.29 is 4.74 Å². The van der Waals surface area contributed by atoms with Crippen LogP contribution in [0.4, 0.5) is 0 Å². The molecule has 2 heteroatoms. The van der Waals surface area contributed by atoms with Gasteiger partial charge in [-0.2, -0.15) is 0 Å². The molecule has 0 aromatic rings. The van der Waals surface area contributed by atoms with E-state index in [0.717, 1.165) is 18.9 Å². The molecule has 0 aromatic carbocycles. The first-order valence-corrected chi connectivity index (χ1v) is 5.52. The molecule has 0 bridgehead atoms. The maximum Gasteiger partial charge on any atom is 0.0580 e. The van der Waals surface area contributed by atoms with Gasteiger partial charge in [-0.15, -0.1) is 12.3 Å². The Morgan fingerprint density at radius 2 is 2.29 bits per heavy atom. The zero-order valence-electron chi connectivity index (χ0n) is 9.25. The predicted octanol–water partition coefficient (Wildman–Crippen LogP) is 1.80. The van der Waals surface area contributed by atoms with Crippen LogP contribution < -0.4 is 5.32 Å². The topological polar surface area (TPSA) is 21.3 Å². The monoisotopic (exact) mass is 195 g/mol. The minimum absolute atomic E-state index is 0.493. The van der Waals surface area contributed by atoms with Crippen molar-refractivity contribution in [2.45, 2.75) is 44.8 Å². The first kappa shape index (κ1) is 11.6. The van der Waals surface area contributed by atoms with E-state index >= 15 is 0 Å². The van der Waals surface area contributed by atoms with Crippen LogP contribution in [0, 0.1) is 18.3 Å². The second-order valence-corrected chi connectivity index (χ2v) is 4.04. The van der Waals surface area contributed by atoms with Gasteiger partial charge >= 0.3 is 0 Å².